The Bertz CT molecular complexity index is 1070. The van der Waals surface area contributed by atoms with Crippen molar-refractivity contribution in [1.82, 2.24) is 14.9 Å². The molecular weight excluding hydrogens is 404 g/mol. The summed E-state index contributed by atoms with van der Waals surface area (Å²) < 4.78 is 12.3. The number of amides is 1. The highest BCUT2D eigenvalue weighted by Crippen LogP contribution is 2.57. The number of hydrogen-bond donors (Lipinski definition) is 0. The molecule has 0 N–H and O–H groups in total. The molecule has 1 spiro atoms. The van der Waals surface area contributed by atoms with E-state index in [-0.39, 0.29) is 11.3 Å². The predicted molar refractivity (Wildman–Crippen MR) is 122 cm³/mol. The largest absolute Gasteiger partial charge is 0.467 e. The van der Waals surface area contributed by atoms with Crippen LogP contribution in [0, 0.1) is 5.41 Å². The molecule has 5 rings (SSSR count). The summed E-state index contributed by atoms with van der Waals surface area (Å²) in [5.74, 6) is 1.45. The smallest absolute Gasteiger partial charge is 0.321 e. The Morgan fingerprint density at radius 2 is 1.94 bits per heavy atom. The van der Waals surface area contributed by atoms with Gasteiger partial charge in [-0.3, -0.25) is 4.79 Å². The summed E-state index contributed by atoms with van der Waals surface area (Å²) in [6.07, 6.45) is 4.06. The Balaban J connectivity index is 1.51. The third-order valence-corrected chi connectivity index (χ3v) is 7.35. The maximum absolute atomic E-state index is 12.0. The first-order chi connectivity index (χ1) is 15.4. The Morgan fingerprint density at radius 1 is 1.19 bits per heavy atom. The fourth-order valence-corrected chi connectivity index (χ4v) is 5.59. The summed E-state index contributed by atoms with van der Waals surface area (Å²) in [5, 5.41) is 0. The second-order valence-electron chi connectivity index (χ2n) is 9.48. The van der Waals surface area contributed by atoms with Crippen LogP contribution < -0.4 is 14.4 Å². The number of fused-ring (bicyclic) bond motifs is 3. The summed E-state index contributed by atoms with van der Waals surface area (Å²) in [6, 6.07) is 8.91. The summed E-state index contributed by atoms with van der Waals surface area (Å²) in [4.78, 5) is 25.3. The number of aromatic nitrogens is 2. The summed E-state index contributed by atoms with van der Waals surface area (Å²) in [7, 11) is 1.58. The van der Waals surface area contributed by atoms with Crippen molar-refractivity contribution >= 4 is 11.7 Å². The van der Waals surface area contributed by atoms with E-state index in [4.69, 9.17) is 14.5 Å². The number of anilines is 1. The molecule has 168 valence electrons. The lowest BCUT2D eigenvalue weighted by molar-refractivity contribution is -0.126. The number of nitrogens with zero attached hydrogens (tertiary/aromatic N) is 4. The van der Waals surface area contributed by atoms with Gasteiger partial charge in [0.25, 0.3) is 0 Å². The number of rotatable bonds is 3. The van der Waals surface area contributed by atoms with Crippen molar-refractivity contribution in [3.63, 3.8) is 0 Å². The first-order valence-electron chi connectivity index (χ1n) is 11.3. The molecule has 1 aromatic carbocycles. The van der Waals surface area contributed by atoms with Crippen LogP contribution >= 0.6 is 0 Å². The third-order valence-electron chi connectivity index (χ3n) is 7.35. The molecule has 1 unspecified atom stereocenters. The van der Waals surface area contributed by atoms with Gasteiger partial charge < -0.3 is 19.3 Å². The highest BCUT2D eigenvalue weighted by molar-refractivity contribution is 5.87. The van der Waals surface area contributed by atoms with Crippen molar-refractivity contribution in [3.05, 3.63) is 53.6 Å². The zero-order valence-electron chi connectivity index (χ0n) is 19.1. The normalized spacial score (nSPS) is 23.3. The molecule has 0 saturated carbocycles. The highest BCUT2D eigenvalue weighted by Gasteiger charge is 2.56. The number of benzene rings is 1. The van der Waals surface area contributed by atoms with E-state index in [1.807, 2.05) is 4.90 Å². The molecule has 1 aliphatic carbocycles. The maximum Gasteiger partial charge on any atom is 0.321 e. The Hall–Kier alpha value is -3.09. The van der Waals surface area contributed by atoms with Gasteiger partial charge >= 0.3 is 6.01 Å². The standard InChI is InChI=1S/C25H30N4O3/c1-5-20(30)28-12-14-29(15-13-28)21-18-10-11-25(32-22(18)27-23(26-21)31-4)19-9-7-6-8-17(19)16-24(25,2)3/h5-9H,1,10-16H2,2-4H3. The molecule has 0 bridgehead atoms. The predicted octanol–water partition coefficient (Wildman–Crippen LogP) is 3.12. The third kappa shape index (κ3) is 3.05. The van der Waals surface area contributed by atoms with Crippen molar-refractivity contribution in [2.24, 2.45) is 5.41 Å². The first-order valence-corrected chi connectivity index (χ1v) is 11.3. The van der Waals surface area contributed by atoms with Crippen LogP contribution in [-0.2, 0) is 23.2 Å². The van der Waals surface area contributed by atoms with E-state index in [0.29, 0.717) is 38.1 Å². The molecule has 7 heteroatoms. The van der Waals surface area contributed by atoms with Crippen LogP contribution in [0.1, 0.15) is 37.0 Å². The van der Waals surface area contributed by atoms with Gasteiger partial charge in [-0.1, -0.05) is 44.7 Å². The van der Waals surface area contributed by atoms with Gasteiger partial charge in [-0.15, -0.1) is 0 Å². The minimum atomic E-state index is -0.414. The first kappa shape index (κ1) is 20.8. The van der Waals surface area contributed by atoms with Gasteiger partial charge in [0.05, 0.1) is 12.7 Å². The fraction of sp³-hybridized carbons (Fsp3) is 0.480. The van der Waals surface area contributed by atoms with Gasteiger partial charge in [-0.25, -0.2) is 0 Å². The van der Waals surface area contributed by atoms with Gasteiger partial charge in [0.1, 0.15) is 11.4 Å². The number of ether oxygens (including phenoxy) is 2. The van der Waals surface area contributed by atoms with Gasteiger partial charge in [0, 0.05) is 31.6 Å². The van der Waals surface area contributed by atoms with Crippen molar-refractivity contribution in [1.29, 1.82) is 0 Å². The molecule has 1 amide bonds. The van der Waals surface area contributed by atoms with Crippen molar-refractivity contribution in [2.75, 3.05) is 38.2 Å². The number of methoxy groups -OCH3 is 1. The SMILES string of the molecule is C=CC(=O)N1CCN(c2nc(OC)nc3c2CCC2(O3)c3ccccc3CC2(C)C)CC1. The zero-order chi connectivity index (χ0) is 22.5. The molecule has 1 fully saturated rings. The molecule has 1 saturated heterocycles. The lowest BCUT2D eigenvalue weighted by Gasteiger charge is -2.45. The monoisotopic (exact) mass is 434 g/mol. The van der Waals surface area contributed by atoms with Gasteiger partial charge in [-0.05, 0) is 36.5 Å². The zero-order valence-corrected chi connectivity index (χ0v) is 19.1. The molecule has 3 heterocycles. The van der Waals surface area contributed by atoms with Crippen LogP contribution in [0.4, 0.5) is 5.82 Å². The number of carbonyl (C=O) groups is 1. The average molecular weight is 435 g/mol. The van der Waals surface area contributed by atoms with E-state index in [2.05, 4.69) is 54.6 Å². The van der Waals surface area contributed by atoms with Gasteiger partial charge in [0.15, 0.2) is 0 Å². The van der Waals surface area contributed by atoms with Crippen molar-refractivity contribution in [2.45, 2.75) is 38.7 Å². The Morgan fingerprint density at radius 3 is 2.66 bits per heavy atom. The summed E-state index contributed by atoms with van der Waals surface area (Å²) in [6.45, 7) is 10.8. The second-order valence-corrected chi connectivity index (χ2v) is 9.48. The minimum Gasteiger partial charge on any atom is -0.467 e. The van der Waals surface area contributed by atoms with E-state index >= 15 is 0 Å². The van der Waals surface area contributed by atoms with E-state index < -0.39 is 5.60 Å². The molecule has 2 aromatic rings. The topological polar surface area (TPSA) is 67.8 Å². The lowest BCUT2D eigenvalue weighted by atomic mass is 9.71. The van der Waals surface area contributed by atoms with Crippen LogP contribution in [0.3, 0.4) is 0 Å². The molecule has 0 radical (unpaired) electrons. The lowest BCUT2D eigenvalue weighted by Crippen LogP contribution is -2.50. The van der Waals surface area contributed by atoms with Crippen molar-refractivity contribution in [3.8, 4) is 11.9 Å². The van der Waals surface area contributed by atoms with E-state index in [1.54, 1.807) is 7.11 Å². The number of piperazine rings is 1. The molecule has 1 atom stereocenters. The van der Waals surface area contributed by atoms with Crippen LogP contribution in [0.5, 0.6) is 11.9 Å². The molecule has 3 aliphatic rings. The minimum absolute atomic E-state index is 0.0284. The van der Waals surface area contributed by atoms with Crippen LogP contribution in [0.15, 0.2) is 36.9 Å². The Labute approximate surface area is 189 Å². The number of hydrogen-bond acceptors (Lipinski definition) is 6. The molecule has 1 aromatic heterocycles. The molecule has 7 nitrogen and oxygen atoms in total. The van der Waals surface area contributed by atoms with Gasteiger partial charge in [0.2, 0.25) is 11.8 Å². The molecule has 2 aliphatic heterocycles. The number of carbonyl (C=O) groups excluding carboxylic acids is 1. The summed E-state index contributed by atoms with van der Waals surface area (Å²) >= 11 is 0. The van der Waals surface area contributed by atoms with Crippen LogP contribution in [-0.4, -0.2) is 54.1 Å². The van der Waals surface area contributed by atoms with Crippen LogP contribution in [0.2, 0.25) is 0 Å². The average Bonchev–Trinajstić information content (AvgIpc) is 3.03. The maximum atomic E-state index is 12.0. The second kappa shape index (κ2) is 7.50. The Kier molecular flexibility index (Phi) is 4.87. The van der Waals surface area contributed by atoms with E-state index in [9.17, 15) is 4.79 Å². The fourth-order valence-electron chi connectivity index (χ4n) is 5.59. The van der Waals surface area contributed by atoms with E-state index in [1.165, 1.54) is 17.2 Å². The van der Waals surface area contributed by atoms with Gasteiger partial charge in [-0.2, -0.15) is 9.97 Å². The van der Waals surface area contributed by atoms with Crippen LogP contribution in [0.25, 0.3) is 0 Å². The highest BCUT2D eigenvalue weighted by atomic mass is 16.5. The quantitative estimate of drug-likeness (QED) is 0.692. The van der Waals surface area contributed by atoms with E-state index in [0.717, 1.165) is 30.6 Å². The van der Waals surface area contributed by atoms with Crippen molar-refractivity contribution < 1.29 is 14.3 Å². The molecule has 32 heavy (non-hydrogen) atoms. The molecular formula is C25H30N4O3. The summed E-state index contributed by atoms with van der Waals surface area (Å²) in [5.41, 5.74) is 3.18.